The van der Waals surface area contributed by atoms with E-state index in [1.165, 1.54) is 6.08 Å². The van der Waals surface area contributed by atoms with Gasteiger partial charge in [0, 0.05) is 16.6 Å². The van der Waals surface area contributed by atoms with Crippen LogP contribution in [-0.2, 0) is 14.3 Å². The number of esters is 1. The second-order valence-corrected chi connectivity index (χ2v) is 6.65. The van der Waals surface area contributed by atoms with E-state index >= 15 is 0 Å². The molecule has 0 aliphatic rings. The summed E-state index contributed by atoms with van der Waals surface area (Å²) < 4.78 is 4.98. The first-order valence-electron chi connectivity index (χ1n) is 7.75. The first-order valence-corrected chi connectivity index (χ1v) is 8.63. The molecular weight excluding hydrogens is 322 g/mol. The van der Waals surface area contributed by atoms with Gasteiger partial charge in [0.25, 0.3) is 5.91 Å². The molecule has 2 aromatic rings. The van der Waals surface area contributed by atoms with Gasteiger partial charge < -0.3 is 10.1 Å². The Morgan fingerprint density at radius 2 is 2.00 bits per heavy atom. The lowest BCUT2D eigenvalue weighted by Gasteiger charge is -2.13. The van der Waals surface area contributed by atoms with E-state index < -0.39 is 5.97 Å². The smallest absolute Gasteiger partial charge is 0.331 e. The summed E-state index contributed by atoms with van der Waals surface area (Å²) >= 11 is 1.55. The summed E-state index contributed by atoms with van der Waals surface area (Å²) in [6, 6.07) is 9.59. The maximum Gasteiger partial charge on any atom is 0.331 e. The Hall–Kier alpha value is -2.40. The van der Waals surface area contributed by atoms with Crippen molar-refractivity contribution in [1.82, 2.24) is 0 Å². The SMILES string of the molecule is Cc1ccsc1/C=C/C(=O)OCC(=O)Nc1ccccc1C(C)C. The third-order valence-corrected chi connectivity index (χ3v) is 4.46. The fourth-order valence-corrected chi connectivity index (χ4v) is 3.00. The monoisotopic (exact) mass is 343 g/mol. The van der Waals surface area contributed by atoms with Gasteiger partial charge in [-0.3, -0.25) is 4.79 Å². The first-order chi connectivity index (χ1) is 11.5. The van der Waals surface area contributed by atoms with Crippen LogP contribution in [0, 0.1) is 6.92 Å². The van der Waals surface area contributed by atoms with Gasteiger partial charge in [0.05, 0.1) is 0 Å². The number of carbonyl (C=O) groups excluding carboxylic acids is 2. The van der Waals surface area contributed by atoms with Crippen LogP contribution in [0.15, 0.2) is 41.8 Å². The molecule has 1 aromatic carbocycles. The average Bonchev–Trinajstić information content (AvgIpc) is 2.96. The Bertz CT molecular complexity index is 747. The number of amides is 1. The van der Waals surface area contributed by atoms with E-state index in [-0.39, 0.29) is 12.5 Å². The molecule has 0 bridgehead atoms. The molecule has 126 valence electrons. The van der Waals surface area contributed by atoms with Crippen LogP contribution in [0.5, 0.6) is 0 Å². The number of para-hydroxylation sites is 1. The zero-order chi connectivity index (χ0) is 17.5. The van der Waals surface area contributed by atoms with E-state index in [0.29, 0.717) is 5.92 Å². The quantitative estimate of drug-likeness (QED) is 0.626. The van der Waals surface area contributed by atoms with Crippen molar-refractivity contribution in [1.29, 1.82) is 0 Å². The van der Waals surface area contributed by atoms with Gasteiger partial charge in [0.1, 0.15) is 0 Å². The van der Waals surface area contributed by atoms with Crippen molar-refractivity contribution >= 4 is 35.0 Å². The second-order valence-electron chi connectivity index (χ2n) is 5.70. The molecule has 5 heteroatoms. The van der Waals surface area contributed by atoms with Crippen LogP contribution in [0.25, 0.3) is 6.08 Å². The lowest BCUT2D eigenvalue weighted by molar-refractivity contribution is -0.142. The molecule has 1 heterocycles. The fraction of sp³-hybridized carbons (Fsp3) is 0.263. The van der Waals surface area contributed by atoms with Crippen LogP contribution in [0.1, 0.15) is 35.8 Å². The average molecular weight is 343 g/mol. The van der Waals surface area contributed by atoms with Crippen LogP contribution in [0.3, 0.4) is 0 Å². The lowest BCUT2D eigenvalue weighted by atomic mass is 10.0. The molecular formula is C19H21NO3S. The molecule has 1 aromatic heterocycles. The first kappa shape index (κ1) is 17.9. The van der Waals surface area contributed by atoms with Gasteiger partial charge in [-0.1, -0.05) is 32.0 Å². The number of benzene rings is 1. The predicted molar refractivity (Wildman–Crippen MR) is 98.2 cm³/mol. The van der Waals surface area contributed by atoms with Crippen LogP contribution in [0.2, 0.25) is 0 Å². The number of anilines is 1. The van der Waals surface area contributed by atoms with Crippen LogP contribution in [-0.4, -0.2) is 18.5 Å². The highest BCUT2D eigenvalue weighted by molar-refractivity contribution is 7.11. The van der Waals surface area contributed by atoms with Crippen LogP contribution < -0.4 is 5.32 Å². The Labute approximate surface area is 146 Å². The normalized spacial score (nSPS) is 11.0. The number of aryl methyl sites for hydroxylation is 1. The van der Waals surface area contributed by atoms with E-state index in [0.717, 1.165) is 21.7 Å². The molecule has 2 rings (SSSR count). The third kappa shape index (κ3) is 5.06. The Kier molecular flexibility index (Phi) is 6.32. The maximum atomic E-state index is 12.0. The molecule has 1 amide bonds. The number of thiophene rings is 1. The number of hydrogen-bond donors (Lipinski definition) is 1. The Morgan fingerprint density at radius 3 is 2.67 bits per heavy atom. The summed E-state index contributed by atoms with van der Waals surface area (Å²) in [5.74, 6) is -0.590. The number of rotatable bonds is 6. The molecule has 0 aliphatic carbocycles. The minimum Gasteiger partial charge on any atom is -0.452 e. The van der Waals surface area contributed by atoms with Crippen LogP contribution >= 0.6 is 11.3 Å². The number of ether oxygens (including phenoxy) is 1. The molecule has 0 spiro atoms. The molecule has 0 fully saturated rings. The van der Waals surface area contributed by atoms with Crippen LogP contribution in [0.4, 0.5) is 5.69 Å². The van der Waals surface area contributed by atoms with Crippen molar-refractivity contribution in [3.8, 4) is 0 Å². The molecule has 0 saturated heterocycles. The van der Waals surface area contributed by atoms with Crippen molar-refractivity contribution in [2.24, 2.45) is 0 Å². The summed E-state index contributed by atoms with van der Waals surface area (Å²) in [6.45, 7) is 5.78. The van der Waals surface area contributed by atoms with E-state index in [1.807, 2.05) is 42.6 Å². The molecule has 0 aliphatic heterocycles. The van der Waals surface area contributed by atoms with Crippen molar-refractivity contribution in [2.45, 2.75) is 26.7 Å². The van der Waals surface area contributed by atoms with E-state index in [4.69, 9.17) is 4.74 Å². The fourth-order valence-electron chi connectivity index (χ4n) is 2.18. The van der Waals surface area contributed by atoms with Crippen molar-refractivity contribution in [3.05, 3.63) is 57.8 Å². The molecule has 0 radical (unpaired) electrons. The molecule has 4 nitrogen and oxygen atoms in total. The number of hydrogen-bond acceptors (Lipinski definition) is 4. The lowest BCUT2D eigenvalue weighted by Crippen LogP contribution is -2.21. The zero-order valence-corrected chi connectivity index (χ0v) is 14.9. The molecule has 0 atom stereocenters. The summed E-state index contributed by atoms with van der Waals surface area (Å²) in [4.78, 5) is 24.7. The second kappa shape index (κ2) is 8.45. The van der Waals surface area contributed by atoms with Gasteiger partial charge in [-0.15, -0.1) is 11.3 Å². The summed E-state index contributed by atoms with van der Waals surface area (Å²) in [6.07, 6.45) is 3.04. The standard InChI is InChI=1S/C19H21NO3S/c1-13(2)15-6-4-5-7-16(15)20-18(21)12-23-19(22)9-8-17-14(3)10-11-24-17/h4-11,13H,12H2,1-3H3,(H,20,21)/b9-8+. The summed E-state index contributed by atoms with van der Waals surface area (Å²) in [5.41, 5.74) is 2.90. The topological polar surface area (TPSA) is 55.4 Å². The highest BCUT2D eigenvalue weighted by Gasteiger charge is 2.10. The van der Waals surface area contributed by atoms with Gasteiger partial charge in [-0.25, -0.2) is 4.79 Å². The van der Waals surface area contributed by atoms with Gasteiger partial charge in [0.2, 0.25) is 0 Å². The third-order valence-electron chi connectivity index (χ3n) is 3.47. The summed E-state index contributed by atoms with van der Waals surface area (Å²) in [7, 11) is 0. The number of carbonyl (C=O) groups is 2. The highest BCUT2D eigenvalue weighted by atomic mass is 32.1. The minimum atomic E-state index is -0.532. The predicted octanol–water partition coefficient (Wildman–Crippen LogP) is 4.38. The molecule has 0 saturated carbocycles. The molecule has 0 unspecified atom stereocenters. The zero-order valence-electron chi connectivity index (χ0n) is 14.0. The van der Waals surface area contributed by atoms with E-state index in [1.54, 1.807) is 17.4 Å². The van der Waals surface area contributed by atoms with E-state index in [2.05, 4.69) is 19.2 Å². The van der Waals surface area contributed by atoms with Gasteiger partial charge in [0.15, 0.2) is 6.61 Å². The van der Waals surface area contributed by atoms with Crippen molar-refractivity contribution in [3.63, 3.8) is 0 Å². The van der Waals surface area contributed by atoms with Gasteiger partial charge >= 0.3 is 5.97 Å². The van der Waals surface area contributed by atoms with Gasteiger partial charge in [-0.05, 0) is 47.6 Å². The largest absolute Gasteiger partial charge is 0.452 e. The van der Waals surface area contributed by atoms with E-state index in [9.17, 15) is 9.59 Å². The minimum absolute atomic E-state index is 0.293. The highest BCUT2D eigenvalue weighted by Crippen LogP contribution is 2.23. The van der Waals surface area contributed by atoms with Crippen molar-refractivity contribution in [2.75, 3.05) is 11.9 Å². The summed E-state index contributed by atoms with van der Waals surface area (Å²) in [5, 5.41) is 4.75. The van der Waals surface area contributed by atoms with Crippen molar-refractivity contribution < 1.29 is 14.3 Å². The molecule has 1 N–H and O–H groups in total. The Balaban J connectivity index is 1.86. The number of nitrogens with one attached hydrogen (secondary N) is 1. The Morgan fingerprint density at radius 1 is 1.25 bits per heavy atom. The maximum absolute atomic E-state index is 12.0. The van der Waals surface area contributed by atoms with Gasteiger partial charge in [-0.2, -0.15) is 0 Å². The molecule has 24 heavy (non-hydrogen) atoms.